The quantitative estimate of drug-likeness (QED) is 0.846. The van der Waals surface area contributed by atoms with Gasteiger partial charge < -0.3 is 15.3 Å². The van der Waals surface area contributed by atoms with Crippen LogP contribution in [0.25, 0.3) is 0 Å². The lowest BCUT2D eigenvalue weighted by molar-refractivity contribution is 0.00992. The van der Waals surface area contributed by atoms with Crippen LogP contribution in [-0.2, 0) is 0 Å². The fourth-order valence-electron chi connectivity index (χ4n) is 5.10. The second-order valence-corrected chi connectivity index (χ2v) is 8.83. The first-order valence-electron chi connectivity index (χ1n) is 10.9. The SMILES string of the molecule is CC1CCCN(c2cc(NC3CCN(C4CCCCC4O)CC3)ncn2)C1. The van der Waals surface area contributed by atoms with Crippen LogP contribution in [0.5, 0.6) is 0 Å². The zero-order valence-corrected chi connectivity index (χ0v) is 16.7. The zero-order chi connectivity index (χ0) is 18.6. The van der Waals surface area contributed by atoms with E-state index in [-0.39, 0.29) is 6.10 Å². The predicted octanol–water partition coefficient (Wildman–Crippen LogP) is 2.89. The fourth-order valence-corrected chi connectivity index (χ4v) is 5.10. The normalized spacial score (nSPS) is 31.0. The summed E-state index contributed by atoms with van der Waals surface area (Å²) in [6.07, 6.45) is 10.9. The van der Waals surface area contributed by atoms with Gasteiger partial charge in [-0.3, -0.25) is 4.90 Å². The summed E-state index contributed by atoms with van der Waals surface area (Å²) in [6, 6.07) is 2.96. The van der Waals surface area contributed by atoms with Crippen LogP contribution in [-0.4, -0.2) is 64.3 Å². The van der Waals surface area contributed by atoms with Crippen LogP contribution in [0, 0.1) is 5.92 Å². The molecule has 0 radical (unpaired) electrons. The Labute approximate surface area is 163 Å². The van der Waals surface area contributed by atoms with Crippen molar-refractivity contribution in [3.05, 3.63) is 12.4 Å². The monoisotopic (exact) mass is 373 g/mol. The lowest BCUT2D eigenvalue weighted by Gasteiger charge is -2.41. The summed E-state index contributed by atoms with van der Waals surface area (Å²) in [4.78, 5) is 13.9. The number of aliphatic hydroxyl groups excluding tert-OH is 1. The van der Waals surface area contributed by atoms with Crippen molar-refractivity contribution in [1.82, 2.24) is 14.9 Å². The van der Waals surface area contributed by atoms with Gasteiger partial charge in [-0.2, -0.15) is 0 Å². The number of aromatic nitrogens is 2. The molecular weight excluding hydrogens is 338 g/mol. The highest BCUT2D eigenvalue weighted by Crippen LogP contribution is 2.27. The maximum Gasteiger partial charge on any atom is 0.134 e. The van der Waals surface area contributed by atoms with Gasteiger partial charge in [0.15, 0.2) is 0 Å². The maximum absolute atomic E-state index is 10.3. The van der Waals surface area contributed by atoms with Gasteiger partial charge in [0.05, 0.1) is 6.10 Å². The lowest BCUT2D eigenvalue weighted by atomic mass is 9.89. The van der Waals surface area contributed by atoms with Gasteiger partial charge in [0, 0.05) is 44.3 Å². The first kappa shape index (κ1) is 18.9. The van der Waals surface area contributed by atoms with Crippen molar-refractivity contribution in [3.8, 4) is 0 Å². The number of nitrogens with one attached hydrogen (secondary N) is 1. The molecule has 1 saturated carbocycles. The van der Waals surface area contributed by atoms with Crippen LogP contribution < -0.4 is 10.2 Å². The molecule has 1 aliphatic carbocycles. The largest absolute Gasteiger partial charge is 0.391 e. The Kier molecular flexibility index (Phi) is 6.13. The third kappa shape index (κ3) is 4.72. The molecule has 2 N–H and O–H groups in total. The molecular formula is C21H35N5O. The molecule has 2 saturated heterocycles. The summed E-state index contributed by atoms with van der Waals surface area (Å²) < 4.78 is 0. The van der Waals surface area contributed by atoms with Crippen LogP contribution >= 0.6 is 0 Å². The molecule has 3 unspecified atom stereocenters. The minimum absolute atomic E-state index is 0.125. The number of nitrogens with zero attached hydrogens (tertiary/aromatic N) is 4. The third-order valence-corrected chi connectivity index (χ3v) is 6.68. The van der Waals surface area contributed by atoms with E-state index in [2.05, 4.69) is 38.1 Å². The van der Waals surface area contributed by atoms with Crippen LogP contribution in [0.4, 0.5) is 11.6 Å². The van der Waals surface area contributed by atoms with E-state index in [4.69, 9.17) is 0 Å². The number of hydrogen-bond acceptors (Lipinski definition) is 6. The van der Waals surface area contributed by atoms with Gasteiger partial charge in [-0.05, 0) is 44.4 Å². The highest BCUT2D eigenvalue weighted by atomic mass is 16.3. The van der Waals surface area contributed by atoms with Crippen LogP contribution in [0.2, 0.25) is 0 Å². The molecule has 3 fully saturated rings. The Morgan fingerprint density at radius 2 is 1.81 bits per heavy atom. The molecule has 150 valence electrons. The summed E-state index contributed by atoms with van der Waals surface area (Å²) in [5.41, 5.74) is 0. The van der Waals surface area contributed by atoms with E-state index in [1.54, 1.807) is 6.33 Å². The van der Waals surface area contributed by atoms with Gasteiger partial charge in [0.25, 0.3) is 0 Å². The molecule has 0 bridgehead atoms. The fraction of sp³-hybridized carbons (Fsp3) is 0.810. The Morgan fingerprint density at radius 1 is 1.00 bits per heavy atom. The molecule has 0 aromatic carbocycles. The molecule has 2 aliphatic heterocycles. The Bertz CT molecular complexity index is 604. The summed E-state index contributed by atoms with van der Waals surface area (Å²) in [5.74, 6) is 2.75. The molecule has 1 aromatic heterocycles. The Morgan fingerprint density at radius 3 is 2.59 bits per heavy atom. The zero-order valence-electron chi connectivity index (χ0n) is 16.7. The second kappa shape index (κ2) is 8.74. The summed E-state index contributed by atoms with van der Waals surface area (Å²) in [5, 5.41) is 14.0. The topological polar surface area (TPSA) is 64.5 Å². The van der Waals surface area contributed by atoms with Gasteiger partial charge >= 0.3 is 0 Å². The molecule has 4 rings (SSSR count). The molecule has 6 nitrogen and oxygen atoms in total. The number of aliphatic hydroxyl groups is 1. The van der Waals surface area contributed by atoms with Gasteiger partial charge in [0.1, 0.15) is 18.0 Å². The molecule has 27 heavy (non-hydrogen) atoms. The van der Waals surface area contributed by atoms with E-state index in [1.807, 2.05) is 0 Å². The average molecular weight is 374 g/mol. The first-order valence-corrected chi connectivity index (χ1v) is 10.9. The van der Waals surface area contributed by atoms with E-state index in [0.717, 1.165) is 69.4 Å². The smallest absolute Gasteiger partial charge is 0.134 e. The number of likely N-dealkylation sites (tertiary alicyclic amines) is 1. The molecule has 3 aliphatic rings. The molecule has 3 atom stereocenters. The summed E-state index contributed by atoms with van der Waals surface area (Å²) in [6.45, 7) is 6.66. The molecule has 1 aromatic rings. The number of anilines is 2. The highest BCUT2D eigenvalue weighted by molar-refractivity contribution is 5.49. The van der Waals surface area contributed by atoms with Crippen molar-refractivity contribution in [3.63, 3.8) is 0 Å². The predicted molar refractivity (Wildman–Crippen MR) is 109 cm³/mol. The summed E-state index contributed by atoms with van der Waals surface area (Å²) in [7, 11) is 0. The van der Waals surface area contributed by atoms with Gasteiger partial charge in [-0.25, -0.2) is 9.97 Å². The third-order valence-electron chi connectivity index (χ3n) is 6.68. The van der Waals surface area contributed by atoms with E-state index >= 15 is 0 Å². The molecule has 6 heteroatoms. The standard InChI is InChI=1S/C21H35N5O/c1-16-5-4-10-26(14-16)21-13-20(22-15-23-21)24-17-8-11-25(12-9-17)18-6-2-3-7-19(18)27/h13,15-19,27H,2-12,14H2,1H3,(H,22,23,24). The lowest BCUT2D eigenvalue weighted by Crippen LogP contribution is -2.50. The molecule has 0 amide bonds. The average Bonchev–Trinajstić information content (AvgIpc) is 2.69. The van der Waals surface area contributed by atoms with Gasteiger partial charge in [-0.15, -0.1) is 0 Å². The van der Waals surface area contributed by atoms with E-state index in [1.165, 1.54) is 25.7 Å². The first-order chi connectivity index (χ1) is 13.2. The minimum atomic E-state index is -0.125. The van der Waals surface area contributed by atoms with Gasteiger partial charge in [0.2, 0.25) is 0 Å². The van der Waals surface area contributed by atoms with Crippen molar-refractivity contribution in [1.29, 1.82) is 0 Å². The van der Waals surface area contributed by atoms with Crippen LogP contribution in [0.1, 0.15) is 58.3 Å². The van der Waals surface area contributed by atoms with Crippen molar-refractivity contribution in [2.45, 2.75) is 76.5 Å². The summed E-state index contributed by atoms with van der Waals surface area (Å²) >= 11 is 0. The van der Waals surface area contributed by atoms with Crippen LogP contribution in [0.3, 0.4) is 0 Å². The van der Waals surface area contributed by atoms with E-state index < -0.39 is 0 Å². The van der Waals surface area contributed by atoms with E-state index in [9.17, 15) is 5.11 Å². The maximum atomic E-state index is 10.3. The number of rotatable bonds is 4. The number of hydrogen-bond donors (Lipinski definition) is 2. The minimum Gasteiger partial charge on any atom is -0.391 e. The number of piperidine rings is 2. The van der Waals surface area contributed by atoms with Gasteiger partial charge in [-0.1, -0.05) is 19.8 Å². The molecule has 0 spiro atoms. The van der Waals surface area contributed by atoms with Crippen molar-refractivity contribution in [2.24, 2.45) is 5.92 Å². The Balaban J connectivity index is 1.30. The van der Waals surface area contributed by atoms with Crippen molar-refractivity contribution < 1.29 is 5.11 Å². The van der Waals surface area contributed by atoms with E-state index in [0.29, 0.717) is 12.1 Å². The Hall–Kier alpha value is -1.40. The highest BCUT2D eigenvalue weighted by Gasteiger charge is 2.31. The molecule has 3 heterocycles. The van der Waals surface area contributed by atoms with Crippen molar-refractivity contribution >= 4 is 11.6 Å². The second-order valence-electron chi connectivity index (χ2n) is 8.83. The van der Waals surface area contributed by atoms with Crippen molar-refractivity contribution in [2.75, 3.05) is 36.4 Å². The van der Waals surface area contributed by atoms with Crippen LogP contribution in [0.15, 0.2) is 12.4 Å².